The van der Waals surface area contributed by atoms with Gasteiger partial charge in [0.1, 0.15) is 0 Å². The predicted molar refractivity (Wildman–Crippen MR) is 81.3 cm³/mol. The number of carbonyl (C=O) groups excluding carboxylic acids is 1. The Morgan fingerprint density at radius 1 is 1.20 bits per heavy atom. The van der Waals surface area contributed by atoms with Gasteiger partial charge in [0.2, 0.25) is 0 Å². The summed E-state index contributed by atoms with van der Waals surface area (Å²) in [5.74, 6) is 0.172. The molecule has 0 saturated carbocycles. The Hall–Kier alpha value is -1.19. The molecule has 110 valence electrons. The van der Waals surface area contributed by atoms with Gasteiger partial charge in [-0.25, -0.2) is 0 Å². The number of likely N-dealkylation sites (tertiary alicyclic amines) is 1. The Labute approximate surface area is 121 Å². The van der Waals surface area contributed by atoms with Crippen LogP contribution in [0.5, 0.6) is 0 Å². The fraction of sp³-hybridized carbons (Fsp3) is 0.588. The van der Waals surface area contributed by atoms with Gasteiger partial charge in [-0.05, 0) is 62.9 Å². The summed E-state index contributed by atoms with van der Waals surface area (Å²) in [6, 6.07) is 4.24. The number of rotatable bonds is 4. The molecule has 3 nitrogen and oxygen atoms in total. The third-order valence-electron chi connectivity index (χ3n) is 4.45. The zero-order valence-electron chi connectivity index (χ0n) is 12.8. The van der Waals surface area contributed by atoms with Crippen molar-refractivity contribution < 1.29 is 9.90 Å². The molecule has 1 fully saturated rings. The highest BCUT2D eigenvalue weighted by Crippen LogP contribution is 2.20. The molecule has 1 unspecified atom stereocenters. The first-order valence-corrected chi connectivity index (χ1v) is 7.49. The highest BCUT2D eigenvalue weighted by molar-refractivity contribution is 5.99. The SMILES string of the molecule is Cc1cc(C)c(C(=O)CN2CCCCC2CO)cc1C. The summed E-state index contributed by atoms with van der Waals surface area (Å²) < 4.78 is 0. The molecule has 1 aliphatic rings. The molecule has 1 aliphatic heterocycles. The van der Waals surface area contributed by atoms with Gasteiger partial charge >= 0.3 is 0 Å². The van der Waals surface area contributed by atoms with E-state index in [4.69, 9.17) is 0 Å². The number of aliphatic hydroxyl groups excluding tert-OH is 1. The quantitative estimate of drug-likeness (QED) is 0.859. The predicted octanol–water partition coefficient (Wildman–Crippen LogP) is 2.64. The average molecular weight is 275 g/mol. The van der Waals surface area contributed by atoms with Crippen LogP contribution in [0, 0.1) is 20.8 Å². The highest BCUT2D eigenvalue weighted by atomic mass is 16.3. The van der Waals surface area contributed by atoms with Gasteiger partial charge in [0.05, 0.1) is 13.2 Å². The van der Waals surface area contributed by atoms with E-state index in [2.05, 4.69) is 17.9 Å². The smallest absolute Gasteiger partial charge is 0.177 e. The van der Waals surface area contributed by atoms with Gasteiger partial charge in [0, 0.05) is 11.6 Å². The third kappa shape index (κ3) is 3.28. The maximum absolute atomic E-state index is 12.5. The van der Waals surface area contributed by atoms with E-state index >= 15 is 0 Å². The number of aryl methyl sites for hydroxylation is 3. The van der Waals surface area contributed by atoms with Crippen molar-refractivity contribution in [3.05, 3.63) is 34.4 Å². The second-order valence-corrected chi connectivity index (χ2v) is 5.98. The van der Waals surface area contributed by atoms with Crippen molar-refractivity contribution in [1.29, 1.82) is 0 Å². The Kier molecular flexibility index (Phi) is 4.95. The minimum absolute atomic E-state index is 0.152. The van der Waals surface area contributed by atoms with Gasteiger partial charge in [0.15, 0.2) is 5.78 Å². The molecular formula is C17H25NO2. The van der Waals surface area contributed by atoms with Crippen LogP contribution in [0.15, 0.2) is 12.1 Å². The first kappa shape index (κ1) is 15.2. The van der Waals surface area contributed by atoms with Crippen LogP contribution >= 0.6 is 0 Å². The number of nitrogens with zero attached hydrogens (tertiary/aromatic N) is 1. The Morgan fingerprint density at radius 3 is 2.60 bits per heavy atom. The molecule has 2 rings (SSSR count). The Bertz CT molecular complexity index is 496. The molecule has 0 radical (unpaired) electrons. The van der Waals surface area contributed by atoms with Crippen LogP contribution in [0.25, 0.3) is 0 Å². The van der Waals surface area contributed by atoms with Gasteiger partial charge in [-0.15, -0.1) is 0 Å². The molecule has 3 heteroatoms. The van der Waals surface area contributed by atoms with Gasteiger partial charge in [-0.2, -0.15) is 0 Å². The van der Waals surface area contributed by atoms with Crippen LogP contribution in [-0.4, -0.2) is 41.5 Å². The number of aliphatic hydroxyl groups is 1. The molecule has 1 aromatic carbocycles. The summed E-state index contributed by atoms with van der Waals surface area (Å²) in [6.07, 6.45) is 3.27. The molecule has 0 spiro atoms. The fourth-order valence-corrected chi connectivity index (χ4v) is 3.01. The zero-order chi connectivity index (χ0) is 14.7. The molecule has 1 saturated heterocycles. The maximum atomic E-state index is 12.5. The summed E-state index contributed by atoms with van der Waals surface area (Å²) >= 11 is 0. The van der Waals surface area contributed by atoms with Gasteiger partial charge in [-0.1, -0.05) is 12.5 Å². The van der Waals surface area contributed by atoms with Crippen molar-refractivity contribution >= 4 is 5.78 Å². The van der Waals surface area contributed by atoms with E-state index in [0.29, 0.717) is 6.54 Å². The van der Waals surface area contributed by atoms with Gasteiger partial charge in [-0.3, -0.25) is 9.69 Å². The molecule has 1 atom stereocenters. The first-order valence-electron chi connectivity index (χ1n) is 7.49. The lowest BCUT2D eigenvalue weighted by Crippen LogP contribution is -2.44. The normalized spacial score (nSPS) is 20.1. The van der Waals surface area contributed by atoms with Crippen molar-refractivity contribution in [3.8, 4) is 0 Å². The molecule has 1 heterocycles. The molecular weight excluding hydrogens is 250 g/mol. The third-order valence-corrected chi connectivity index (χ3v) is 4.45. The van der Waals surface area contributed by atoms with Crippen molar-refractivity contribution in [2.24, 2.45) is 0 Å². The summed E-state index contributed by atoms with van der Waals surface area (Å²) in [5.41, 5.74) is 4.27. The highest BCUT2D eigenvalue weighted by Gasteiger charge is 2.24. The number of piperidine rings is 1. The molecule has 0 amide bonds. The van der Waals surface area contributed by atoms with Crippen molar-refractivity contribution in [1.82, 2.24) is 4.90 Å². The van der Waals surface area contributed by atoms with Gasteiger partial charge < -0.3 is 5.11 Å². The van der Waals surface area contributed by atoms with Crippen LogP contribution in [0.3, 0.4) is 0 Å². The number of carbonyl (C=O) groups is 1. The van der Waals surface area contributed by atoms with Crippen LogP contribution in [0.1, 0.15) is 46.3 Å². The molecule has 0 bridgehead atoms. The van der Waals surface area contributed by atoms with E-state index in [9.17, 15) is 9.90 Å². The summed E-state index contributed by atoms with van der Waals surface area (Å²) in [4.78, 5) is 14.7. The second-order valence-electron chi connectivity index (χ2n) is 5.98. The van der Waals surface area contributed by atoms with E-state index < -0.39 is 0 Å². The topological polar surface area (TPSA) is 40.5 Å². The van der Waals surface area contributed by atoms with E-state index in [0.717, 1.165) is 42.5 Å². The van der Waals surface area contributed by atoms with Crippen LogP contribution < -0.4 is 0 Å². The second kappa shape index (κ2) is 6.51. The van der Waals surface area contributed by atoms with E-state index in [1.807, 2.05) is 19.9 Å². The first-order chi connectivity index (χ1) is 9.52. The summed E-state index contributed by atoms with van der Waals surface area (Å²) in [5, 5.41) is 9.43. The fourth-order valence-electron chi connectivity index (χ4n) is 3.01. The lowest BCUT2D eigenvalue weighted by Gasteiger charge is -2.34. The zero-order valence-corrected chi connectivity index (χ0v) is 12.8. The van der Waals surface area contributed by atoms with Crippen LogP contribution in [-0.2, 0) is 0 Å². The molecule has 0 aromatic heterocycles. The van der Waals surface area contributed by atoms with Crippen molar-refractivity contribution in [2.75, 3.05) is 19.7 Å². The Balaban J connectivity index is 2.13. The van der Waals surface area contributed by atoms with Crippen LogP contribution in [0.4, 0.5) is 0 Å². The van der Waals surface area contributed by atoms with Crippen molar-refractivity contribution in [3.63, 3.8) is 0 Å². The maximum Gasteiger partial charge on any atom is 0.177 e. The number of ketones is 1. The minimum atomic E-state index is 0.152. The van der Waals surface area contributed by atoms with Crippen molar-refractivity contribution in [2.45, 2.75) is 46.1 Å². The summed E-state index contributed by atoms with van der Waals surface area (Å²) in [6.45, 7) is 7.61. The molecule has 1 aromatic rings. The molecule has 0 aliphatic carbocycles. The standard InChI is InChI=1S/C17H25NO2/c1-12-8-14(3)16(9-13(12)2)17(20)10-18-7-5-4-6-15(18)11-19/h8-9,15,19H,4-7,10-11H2,1-3H3. The Morgan fingerprint density at radius 2 is 1.90 bits per heavy atom. The van der Waals surface area contributed by atoms with E-state index in [1.54, 1.807) is 0 Å². The molecule has 20 heavy (non-hydrogen) atoms. The largest absolute Gasteiger partial charge is 0.395 e. The van der Waals surface area contributed by atoms with E-state index in [1.165, 1.54) is 5.56 Å². The minimum Gasteiger partial charge on any atom is -0.395 e. The number of hydrogen-bond donors (Lipinski definition) is 1. The number of Topliss-reactive ketones (excluding diaryl/α,β-unsaturated/α-hetero) is 1. The number of benzene rings is 1. The lowest BCUT2D eigenvalue weighted by molar-refractivity contribution is 0.0711. The van der Waals surface area contributed by atoms with Gasteiger partial charge in [0.25, 0.3) is 0 Å². The monoisotopic (exact) mass is 275 g/mol. The van der Waals surface area contributed by atoms with Crippen LogP contribution in [0.2, 0.25) is 0 Å². The summed E-state index contributed by atoms with van der Waals surface area (Å²) in [7, 11) is 0. The molecule has 1 N–H and O–H groups in total. The van der Waals surface area contributed by atoms with E-state index in [-0.39, 0.29) is 18.4 Å². The number of hydrogen-bond acceptors (Lipinski definition) is 3. The average Bonchev–Trinajstić information content (AvgIpc) is 2.43. The lowest BCUT2D eigenvalue weighted by atomic mass is 9.96.